The fourth-order valence-electron chi connectivity index (χ4n) is 2.47. The maximum absolute atomic E-state index is 6.23. The molecule has 0 saturated carbocycles. The Kier molecular flexibility index (Phi) is 9.53. The number of hydrogen-bond donors (Lipinski definition) is 1. The van der Waals surface area contributed by atoms with Crippen LogP contribution in [-0.2, 0) is 13.0 Å². The lowest BCUT2D eigenvalue weighted by atomic mass is 10.1. The summed E-state index contributed by atoms with van der Waals surface area (Å²) in [5, 5.41) is 4.72. The van der Waals surface area contributed by atoms with E-state index in [2.05, 4.69) is 36.5 Å². The number of ether oxygens (including phenoxy) is 1. The zero-order chi connectivity index (χ0) is 16.7. The molecule has 0 fully saturated rings. The lowest BCUT2D eigenvalue weighted by Gasteiger charge is -2.17. The Morgan fingerprint density at radius 1 is 1.12 bits per heavy atom. The standard InChI is InChI=1S/C19H23Cl2NO.ClH/c1-3-23-19-16(11-17(20)12-18(19)21)13-22-14(2)9-10-15-7-5-4-6-8-15;/h4-8,11-12,14,22H,3,9-10,13H2,1-2H3;1H. The molecule has 0 aliphatic heterocycles. The van der Waals surface area contributed by atoms with Crippen molar-refractivity contribution < 1.29 is 4.74 Å². The molecule has 0 saturated heterocycles. The molecule has 0 aromatic heterocycles. The number of benzene rings is 2. The third-order valence-electron chi connectivity index (χ3n) is 3.72. The van der Waals surface area contributed by atoms with Crippen LogP contribution in [-0.4, -0.2) is 12.6 Å². The van der Waals surface area contributed by atoms with Crippen molar-refractivity contribution in [1.82, 2.24) is 5.32 Å². The van der Waals surface area contributed by atoms with Crippen LogP contribution >= 0.6 is 35.6 Å². The molecule has 1 N–H and O–H groups in total. The zero-order valence-corrected chi connectivity index (χ0v) is 16.3. The first-order chi connectivity index (χ1) is 11.1. The van der Waals surface area contributed by atoms with Gasteiger partial charge in [0.1, 0.15) is 5.75 Å². The topological polar surface area (TPSA) is 21.3 Å². The molecular weight excluding hydrogens is 365 g/mol. The van der Waals surface area contributed by atoms with E-state index in [0.717, 1.165) is 24.2 Å². The van der Waals surface area contributed by atoms with E-state index >= 15 is 0 Å². The maximum Gasteiger partial charge on any atom is 0.142 e. The van der Waals surface area contributed by atoms with Crippen molar-refractivity contribution in [2.45, 2.75) is 39.3 Å². The second kappa shape index (κ2) is 10.8. The van der Waals surface area contributed by atoms with E-state index in [9.17, 15) is 0 Å². The summed E-state index contributed by atoms with van der Waals surface area (Å²) < 4.78 is 5.65. The van der Waals surface area contributed by atoms with Gasteiger partial charge in [-0.25, -0.2) is 0 Å². The van der Waals surface area contributed by atoms with Gasteiger partial charge in [-0.3, -0.25) is 0 Å². The highest BCUT2D eigenvalue weighted by Gasteiger charge is 2.11. The van der Waals surface area contributed by atoms with Crippen LogP contribution in [0.2, 0.25) is 10.0 Å². The number of nitrogens with one attached hydrogen (secondary N) is 1. The van der Waals surface area contributed by atoms with Crippen LogP contribution in [0.3, 0.4) is 0 Å². The highest BCUT2D eigenvalue weighted by molar-refractivity contribution is 6.35. The van der Waals surface area contributed by atoms with Gasteiger partial charge in [0.25, 0.3) is 0 Å². The van der Waals surface area contributed by atoms with Crippen LogP contribution in [0, 0.1) is 0 Å². The molecule has 24 heavy (non-hydrogen) atoms. The van der Waals surface area contributed by atoms with Gasteiger partial charge in [0, 0.05) is 23.2 Å². The summed E-state index contributed by atoms with van der Waals surface area (Å²) in [6.45, 7) is 5.41. The summed E-state index contributed by atoms with van der Waals surface area (Å²) in [6, 6.07) is 14.6. The van der Waals surface area contributed by atoms with Crippen LogP contribution in [0.15, 0.2) is 42.5 Å². The largest absolute Gasteiger partial charge is 0.492 e. The number of hydrogen-bond acceptors (Lipinski definition) is 2. The molecule has 2 aromatic rings. The smallest absolute Gasteiger partial charge is 0.142 e. The van der Waals surface area contributed by atoms with E-state index in [-0.39, 0.29) is 12.4 Å². The van der Waals surface area contributed by atoms with Gasteiger partial charge in [-0.2, -0.15) is 0 Å². The van der Waals surface area contributed by atoms with Crippen molar-refractivity contribution >= 4 is 35.6 Å². The summed E-state index contributed by atoms with van der Waals surface area (Å²) in [4.78, 5) is 0. The average Bonchev–Trinajstić information content (AvgIpc) is 2.54. The molecule has 5 heteroatoms. The molecule has 2 rings (SSSR count). The monoisotopic (exact) mass is 387 g/mol. The SMILES string of the molecule is CCOc1c(Cl)cc(Cl)cc1CNC(C)CCc1ccccc1.Cl. The molecule has 1 unspecified atom stereocenters. The molecule has 132 valence electrons. The molecule has 0 heterocycles. The summed E-state index contributed by atoms with van der Waals surface area (Å²) in [5.74, 6) is 0.723. The predicted molar refractivity (Wildman–Crippen MR) is 106 cm³/mol. The summed E-state index contributed by atoms with van der Waals surface area (Å²) in [6.07, 6.45) is 2.13. The van der Waals surface area contributed by atoms with Gasteiger partial charge in [0.15, 0.2) is 0 Å². The summed E-state index contributed by atoms with van der Waals surface area (Å²) in [7, 11) is 0. The maximum atomic E-state index is 6.23. The molecule has 0 spiro atoms. The van der Waals surface area contributed by atoms with Gasteiger partial charge >= 0.3 is 0 Å². The van der Waals surface area contributed by atoms with Gasteiger partial charge in [-0.05, 0) is 44.4 Å². The minimum absolute atomic E-state index is 0. The molecule has 2 aromatic carbocycles. The van der Waals surface area contributed by atoms with Gasteiger partial charge in [0.05, 0.1) is 11.6 Å². The van der Waals surface area contributed by atoms with Crippen molar-refractivity contribution in [3.63, 3.8) is 0 Å². The minimum Gasteiger partial charge on any atom is -0.492 e. The first-order valence-corrected chi connectivity index (χ1v) is 8.73. The van der Waals surface area contributed by atoms with Crippen LogP contribution in [0.1, 0.15) is 31.4 Å². The molecule has 2 nitrogen and oxygen atoms in total. The lowest BCUT2D eigenvalue weighted by Crippen LogP contribution is -2.26. The van der Waals surface area contributed by atoms with E-state index in [1.807, 2.05) is 19.1 Å². The van der Waals surface area contributed by atoms with Crippen LogP contribution in [0.4, 0.5) is 0 Å². The van der Waals surface area contributed by atoms with Crippen molar-refractivity contribution in [1.29, 1.82) is 0 Å². The fourth-order valence-corrected chi connectivity index (χ4v) is 3.06. The van der Waals surface area contributed by atoms with E-state index < -0.39 is 0 Å². The summed E-state index contributed by atoms with van der Waals surface area (Å²) in [5.41, 5.74) is 2.36. The lowest BCUT2D eigenvalue weighted by molar-refractivity contribution is 0.334. The number of rotatable bonds is 8. The van der Waals surface area contributed by atoms with Crippen LogP contribution < -0.4 is 10.1 Å². The third-order valence-corrected chi connectivity index (χ3v) is 4.22. The molecule has 1 atom stereocenters. The number of halogens is 3. The van der Waals surface area contributed by atoms with Crippen molar-refractivity contribution in [3.05, 3.63) is 63.6 Å². The summed E-state index contributed by atoms with van der Waals surface area (Å²) >= 11 is 12.3. The highest BCUT2D eigenvalue weighted by atomic mass is 35.5. The normalized spacial score (nSPS) is 11.7. The Hall–Kier alpha value is -0.930. The Labute approximate surface area is 160 Å². The molecule has 0 aliphatic carbocycles. The van der Waals surface area contributed by atoms with Gasteiger partial charge < -0.3 is 10.1 Å². The first kappa shape index (κ1) is 21.1. The highest BCUT2D eigenvalue weighted by Crippen LogP contribution is 2.32. The fraction of sp³-hybridized carbons (Fsp3) is 0.368. The van der Waals surface area contributed by atoms with Crippen molar-refractivity contribution in [2.24, 2.45) is 0 Å². The second-order valence-corrected chi connectivity index (χ2v) is 6.46. The molecular formula is C19H24Cl3NO. The molecule has 0 bridgehead atoms. The predicted octanol–water partition coefficient (Wildman–Crippen LogP) is 5.92. The van der Waals surface area contributed by atoms with Gasteiger partial charge in [-0.1, -0.05) is 53.5 Å². The Morgan fingerprint density at radius 2 is 1.83 bits per heavy atom. The van der Waals surface area contributed by atoms with Crippen LogP contribution in [0.25, 0.3) is 0 Å². The van der Waals surface area contributed by atoms with E-state index in [1.165, 1.54) is 5.56 Å². The number of aryl methyl sites for hydroxylation is 1. The van der Waals surface area contributed by atoms with E-state index in [4.69, 9.17) is 27.9 Å². The van der Waals surface area contributed by atoms with Crippen LogP contribution in [0.5, 0.6) is 5.75 Å². The van der Waals surface area contributed by atoms with Gasteiger partial charge in [-0.15, -0.1) is 12.4 Å². The Morgan fingerprint density at radius 3 is 2.50 bits per heavy atom. The van der Waals surface area contributed by atoms with E-state index in [0.29, 0.717) is 29.2 Å². The molecule has 0 amide bonds. The Bertz CT molecular complexity index is 620. The zero-order valence-electron chi connectivity index (χ0n) is 14.0. The molecule has 0 radical (unpaired) electrons. The van der Waals surface area contributed by atoms with Crippen molar-refractivity contribution in [3.8, 4) is 5.75 Å². The molecule has 0 aliphatic rings. The second-order valence-electron chi connectivity index (χ2n) is 5.62. The average molecular weight is 389 g/mol. The van der Waals surface area contributed by atoms with Crippen molar-refractivity contribution in [2.75, 3.05) is 6.61 Å². The Balaban J connectivity index is 0.00000288. The quantitative estimate of drug-likeness (QED) is 0.605. The third kappa shape index (κ3) is 6.52. The first-order valence-electron chi connectivity index (χ1n) is 7.98. The van der Waals surface area contributed by atoms with E-state index in [1.54, 1.807) is 6.07 Å². The van der Waals surface area contributed by atoms with Gasteiger partial charge in [0.2, 0.25) is 0 Å². The minimum atomic E-state index is 0.